The molecule has 0 spiro atoms. The number of aromatic amines is 1. The van der Waals surface area contributed by atoms with E-state index < -0.39 is 10.0 Å². The summed E-state index contributed by atoms with van der Waals surface area (Å²) in [7, 11) is -3.72. The molecule has 2 heterocycles. The Balaban J connectivity index is 1.67. The van der Waals surface area contributed by atoms with E-state index in [-0.39, 0.29) is 4.90 Å². The van der Waals surface area contributed by atoms with E-state index in [1.165, 1.54) is 12.1 Å². The number of aryl methyl sites for hydroxylation is 2. The molecule has 0 saturated heterocycles. The van der Waals surface area contributed by atoms with E-state index in [9.17, 15) is 8.42 Å². The summed E-state index contributed by atoms with van der Waals surface area (Å²) in [4.78, 5) is 8.94. The van der Waals surface area contributed by atoms with Crippen molar-refractivity contribution < 1.29 is 8.42 Å². The average Bonchev–Trinajstić information content (AvgIpc) is 2.99. The Kier molecular flexibility index (Phi) is 4.33. The lowest BCUT2D eigenvalue weighted by Gasteiger charge is -2.08. The normalized spacial score (nSPS) is 11.7. The molecule has 142 valence electrons. The Morgan fingerprint density at radius 2 is 1.82 bits per heavy atom. The van der Waals surface area contributed by atoms with Gasteiger partial charge in [0.1, 0.15) is 0 Å². The first-order valence-corrected chi connectivity index (χ1v) is 10.0. The van der Waals surface area contributed by atoms with Crippen molar-refractivity contribution in [2.45, 2.75) is 18.7 Å². The van der Waals surface area contributed by atoms with Gasteiger partial charge in [-0.1, -0.05) is 12.1 Å². The highest BCUT2D eigenvalue weighted by Crippen LogP contribution is 2.28. The van der Waals surface area contributed by atoms with Crippen molar-refractivity contribution in [1.29, 1.82) is 0 Å². The molecule has 2 aromatic carbocycles. The largest absolute Gasteiger partial charge is 0.324 e. The van der Waals surface area contributed by atoms with Crippen LogP contribution in [0.15, 0.2) is 53.6 Å². The smallest absolute Gasteiger partial charge is 0.238 e. The number of aromatic nitrogens is 4. The molecule has 28 heavy (non-hydrogen) atoms. The molecular weight excluding hydrogens is 376 g/mol. The van der Waals surface area contributed by atoms with E-state index in [0.717, 1.165) is 33.4 Å². The third kappa shape index (κ3) is 3.45. The van der Waals surface area contributed by atoms with Gasteiger partial charge in [0.05, 0.1) is 16.1 Å². The van der Waals surface area contributed by atoms with Crippen LogP contribution in [0, 0.1) is 13.8 Å². The number of nitrogens with zero attached hydrogens (tertiary/aromatic N) is 3. The second-order valence-electron chi connectivity index (χ2n) is 6.47. The lowest BCUT2D eigenvalue weighted by molar-refractivity contribution is 0.598. The third-order valence-corrected chi connectivity index (χ3v) is 5.37. The summed E-state index contributed by atoms with van der Waals surface area (Å²) in [5.41, 5.74) is 5.46. The number of benzene rings is 2. The fourth-order valence-corrected chi connectivity index (χ4v) is 3.59. The van der Waals surface area contributed by atoms with Crippen LogP contribution in [0.25, 0.3) is 22.0 Å². The Morgan fingerprint density at radius 3 is 2.46 bits per heavy atom. The molecular formula is C19H18N6O2S. The summed E-state index contributed by atoms with van der Waals surface area (Å²) in [6.45, 7) is 3.94. The second-order valence-corrected chi connectivity index (χ2v) is 8.03. The molecule has 0 aliphatic rings. The van der Waals surface area contributed by atoms with Gasteiger partial charge in [-0.2, -0.15) is 5.10 Å². The van der Waals surface area contributed by atoms with Gasteiger partial charge in [-0.3, -0.25) is 5.10 Å². The van der Waals surface area contributed by atoms with Crippen LogP contribution >= 0.6 is 0 Å². The SMILES string of the molecule is Cc1n[nH]c(C)c1-c1ccc2cnc(Nc3ccc(S(N)(=O)=O)cc3)nc2c1. The fourth-order valence-electron chi connectivity index (χ4n) is 3.07. The number of H-pyrrole nitrogens is 1. The minimum absolute atomic E-state index is 0.0490. The van der Waals surface area contributed by atoms with Gasteiger partial charge in [-0.15, -0.1) is 0 Å². The number of sulfonamides is 1. The van der Waals surface area contributed by atoms with Gasteiger partial charge < -0.3 is 5.32 Å². The Hall–Kier alpha value is -3.30. The summed E-state index contributed by atoms with van der Waals surface area (Å²) in [5, 5.41) is 16.4. The molecule has 0 aliphatic carbocycles. The fraction of sp³-hybridized carbons (Fsp3) is 0.105. The minimum atomic E-state index is -3.72. The topological polar surface area (TPSA) is 127 Å². The van der Waals surface area contributed by atoms with Gasteiger partial charge in [0.25, 0.3) is 0 Å². The van der Waals surface area contributed by atoms with Crippen molar-refractivity contribution in [3.05, 3.63) is 60.0 Å². The van der Waals surface area contributed by atoms with E-state index in [1.54, 1.807) is 18.3 Å². The number of primary sulfonamides is 1. The zero-order valence-corrected chi connectivity index (χ0v) is 16.1. The summed E-state index contributed by atoms with van der Waals surface area (Å²) in [5.74, 6) is 0.411. The average molecular weight is 394 g/mol. The maximum Gasteiger partial charge on any atom is 0.238 e. The molecule has 0 amide bonds. The van der Waals surface area contributed by atoms with Crippen LogP contribution in [-0.4, -0.2) is 28.6 Å². The number of fused-ring (bicyclic) bond motifs is 1. The number of hydrogen-bond donors (Lipinski definition) is 3. The number of nitrogens with two attached hydrogens (primary N) is 1. The van der Waals surface area contributed by atoms with Crippen molar-refractivity contribution in [2.24, 2.45) is 5.14 Å². The second kappa shape index (κ2) is 6.70. The van der Waals surface area contributed by atoms with E-state index in [4.69, 9.17) is 5.14 Å². The molecule has 4 N–H and O–H groups in total. The number of rotatable bonds is 4. The van der Waals surface area contributed by atoms with Gasteiger partial charge in [0.15, 0.2) is 0 Å². The maximum absolute atomic E-state index is 11.4. The Bertz CT molecular complexity index is 1260. The molecule has 9 heteroatoms. The molecule has 0 atom stereocenters. The molecule has 4 aromatic rings. The molecule has 0 bridgehead atoms. The zero-order valence-electron chi connectivity index (χ0n) is 15.3. The van der Waals surface area contributed by atoms with Crippen LogP contribution < -0.4 is 10.5 Å². The quantitative estimate of drug-likeness (QED) is 0.488. The zero-order chi connectivity index (χ0) is 19.9. The minimum Gasteiger partial charge on any atom is -0.324 e. The van der Waals surface area contributed by atoms with Gasteiger partial charge in [-0.25, -0.2) is 23.5 Å². The van der Waals surface area contributed by atoms with Crippen LogP contribution in [-0.2, 0) is 10.0 Å². The molecule has 0 unspecified atom stereocenters. The Labute approximate surface area is 161 Å². The molecule has 0 fully saturated rings. The predicted octanol–water partition coefficient (Wildman–Crippen LogP) is 3.03. The Morgan fingerprint density at radius 1 is 1.07 bits per heavy atom. The van der Waals surface area contributed by atoms with Gasteiger partial charge in [0.2, 0.25) is 16.0 Å². The van der Waals surface area contributed by atoms with Crippen LogP contribution in [0.1, 0.15) is 11.4 Å². The molecule has 2 aromatic heterocycles. The van der Waals surface area contributed by atoms with Crippen molar-refractivity contribution in [2.75, 3.05) is 5.32 Å². The lowest BCUT2D eigenvalue weighted by Crippen LogP contribution is -2.11. The van der Waals surface area contributed by atoms with Crippen molar-refractivity contribution >= 4 is 32.6 Å². The summed E-state index contributed by atoms with van der Waals surface area (Å²) in [6.07, 6.45) is 1.74. The third-order valence-electron chi connectivity index (χ3n) is 4.44. The first-order chi connectivity index (χ1) is 13.3. The van der Waals surface area contributed by atoms with E-state index in [0.29, 0.717) is 11.6 Å². The van der Waals surface area contributed by atoms with Crippen LogP contribution in [0.4, 0.5) is 11.6 Å². The van der Waals surface area contributed by atoms with E-state index in [1.807, 2.05) is 32.0 Å². The molecule has 0 saturated carbocycles. The maximum atomic E-state index is 11.4. The highest BCUT2D eigenvalue weighted by atomic mass is 32.2. The standard InChI is InChI=1S/C19H18N6O2S/c1-11-18(12(2)25-24-11)13-3-4-14-10-21-19(23-17(14)9-13)22-15-5-7-16(8-6-15)28(20,26)27/h3-10H,1-2H3,(H,24,25)(H2,20,26,27)(H,21,22,23). The lowest BCUT2D eigenvalue weighted by atomic mass is 10.0. The van der Waals surface area contributed by atoms with Crippen LogP contribution in [0.2, 0.25) is 0 Å². The van der Waals surface area contributed by atoms with Crippen LogP contribution in [0.5, 0.6) is 0 Å². The monoisotopic (exact) mass is 394 g/mol. The van der Waals surface area contributed by atoms with Crippen molar-refractivity contribution in [1.82, 2.24) is 20.2 Å². The summed E-state index contributed by atoms with van der Waals surface area (Å²) >= 11 is 0. The number of hydrogen-bond acceptors (Lipinski definition) is 6. The van der Waals surface area contributed by atoms with Crippen molar-refractivity contribution in [3.8, 4) is 11.1 Å². The first-order valence-electron chi connectivity index (χ1n) is 8.50. The highest BCUT2D eigenvalue weighted by Gasteiger charge is 2.11. The number of anilines is 2. The molecule has 0 aliphatic heterocycles. The number of nitrogens with one attached hydrogen (secondary N) is 2. The van der Waals surface area contributed by atoms with Crippen LogP contribution in [0.3, 0.4) is 0 Å². The summed E-state index contributed by atoms with van der Waals surface area (Å²) in [6, 6.07) is 12.1. The molecule has 0 radical (unpaired) electrons. The van der Waals surface area contributed by atoms with Gasteiger partial charge in [0, 0.05) is 28.5 Å². The molecule has 4 rings (SSSR count). The van der Waals surface area contributed by atoms with Crippen molar-refractivity contribution in [3.63, 3.8) is 0 Å². The highest BCUT2D eigenvalue weighted by molar-refractivity contribution is 7.89. The summed E-state index contributed by atoms with van der Waals surface area (Å²) < 4.78 is 22.7. The van der Waals surface area contributed by atoms with E-state index >= 15 is 0 Å². The molecule has 8 nitrogen and oxygen atoms in total. The first kappa shape index (κ1) is 18.1. The van der Waals surface area contributed by atoms with Gasteiger partial charge >= 0.3 is 0 Å². The predicted molar refractivity (Wildman–Crippen MR) is 108 cm³/mol. The van der Waals surface area contributed by atoms with E-state index in [2.05, 4.69) is 25.5 Å². The van der Waals surface area contributed by atoms with Gasteiger partial charge in [-0.05, 0) is 49.7 Å².